The van der Waals surface area contributed by atoms with E-state index in [0.717, 1.165) is 5.56 Å². The van der Waals surface area contributed by atoms with Crippen LogP contribution in [0.1, 0.15) is 37.1 Å². The Morgan fingerprint density at radius 2 is 2.08 bits per heavy atom. The van der Waals surface area contributed by atoms with E-state index in [4.69, 9.17) is 0 Å². The number of nitrogens with one attached hydrogen (secondary N) is 2. The van der Waals surface area contributed by atoms with Crippen molar-refractivity contribution in [3.63, 3.8) is 0 Å². The first-order valence-corrected chi connectivity index (χ1v) is 8.34. The molecule has 9 heteroatoms. The predicted octanol–water partition coefficient (Wildman–Crippen LogP) is 1.23. The van der Waals surface area contributed by atoms with Gasteiger partial charge in [0.15, 0.2) is 5.82 Å². The number of hydrogen-bond donors (Lipinski definition) is 3. The van der Waals surface area contributed by atoms with E-state index < -0.39 is 18.1 Å². The van der Waals surface area contributed by atoms with Gasteiger partial charge in [0.1, 0.15) is 17.9 Å². The van der Waals surface area contributed by atoms with Gasteiger partial charge in [0.05, 0.1) is 6.54 Å². The fourth-order valence-electron chi connectivity index (χ4n) is 2.73. The molecule has 3 rings (SSSR count). The second kappa shape index (κ2) is 7.87. The van der Waals surface area contributed by atoms with Crippen molar-refractivity contribution in [2.24, 2.45) is 5.92 Å². The van der Waals surface area contributed by atoms with E-state index in [1.807, 2.05) is 44.2 Å². The number of carboxylic acids is 1. The van der Waals surface area contributed by atoms with Crippen LogP contribution in [0, 0.1) is 5.92 Å². The maximum atomic E-state index is 11.6. The summed E-state index contributed by atoms with van der Waals surface area (Å²) in [5.41, 5.74) is 1.04. The van der Waals surface area contributed by atoms with Crippen LogP contribution in [0.2, 0.25) is 0 Å². The van der Waals surface area contributed by atoms with Crippen LogP contribution in [0.5, 0.6) is 0 Å². The largest absolute Gasteiger partial charge is 0.480 e. The Hall–Kier alpha value is -3.07. The zero-order chi connectivity index (χ0) is 18.5. The number of imidazole rings is 1. The SMILES string of the molecule is CC(C)[C@H](NC(c1ncc[nH]1)c1nnnn1Cc1ccccc1)C(=O)O. The minimum absolute atomic E-state index is 0.122. The number of benzene rings is 1. The lowest BCUT2D eigenvalue weighted by Gasteiger charge is -2.23. The molecule has 0 radical (unpaired) electrons. The van der Waals surface area contributed by atoms with Gasteiger partial charge in [0.25, 0.3) is 0 Å². The lowest BCUT2D eigenvalue weighted by Crippen LogP contribution is -2.44. The summed E-state index contributed by atoms with van der Waals surface area (Å²) in [6, 6.07) is 8.45. The summed E-state index contributed by atoms with van der Waals surface area (Å²) in [5, 5.41) is 24.6. The van der Waals surface area contributed by atoms with Gasteiger partial charge in [-0.3, -0.25) is 10.1 Å². The first-order chi connectivity index (χ1) is 12.6. The Morgan fingerprint density at radius 3 is 2.69 bits per heavy atom. The summed E-state index contributed by atoms with van der Waals surface area (Å²) in [7, 11) is 0. The molecule has 2 aromatic heterocycles. The van der Waals surface area contributed by atoms with E-state index in [9.17, 15) is 9.90 Å². The van der Waals surface area contributed by atoms with Crippen molar-refractivity contribution < 1.29 is 9.90 Å². The Morgan fingerprint density at radius 1 is 1.31 bits per heavy atom. The van der Waals surface area contributed by atoms with Crippen LogP contribution in [-0.2, 0) is 11.3 Å². The number of aliphatic carboxylic acids is 1. The van der Waals surface area contributed by atoms with Crippen LogP contribution >= 0.6 is 0 Å². The van der Waals surface area contributed by atoms with Crippen molar-refractivity contribution in [3.8, 4) is 0 Å². The summed E-state index contributed by atoms with van der Waals surface area (Å²) in [6.07, 6.45) is 3.29. The zero-order valence-corrected chi connectivity index (χ0v) is 14.6. The van der Waals surface area contributed by atoms with Gasteiger partial charge >= 0.3 is 5.97 Å². The van der Waals surface area contributed by atoms with Gasteiger partial charge in [-0.1, -0.05) is 44.2 Å². The molecule has 1 aromatic carbocycles. The van der Waals surface area contributed by atoms with E-state index in [2.05, 4.69) is 30.8 Å². The number of nitrogens with zero attached hydrogens (tertiary/aromatic N) is 5. The van der Waals surface area contributed by atoms with Gasteiger partial charge in [0.2, 0.25) is 0 Å². The van der Waals surface area contributed by atoms with Crippen molar-refractivity contribution in [2.45, 2.75) is 32.5 Å². The van der Waals surface area contributed by atoms with Crippen molar-refractivity contribution >= 4 is 5.97 Å². The fourth-order valence-corrected chi connectivity index (χ4v) is 2.73. The average Bonchev–Trinajstić information content (AvgIpc) is 3.28. The number of rotatable bonds is 8. The van der Waals surface area contributed by atoms with Crippen molar-refractivity contribution in [1.29, 1.82) is 0 Å². The Bertz CT molecular complexity index is 830. The maximum Gasteiger partial charge on any atom is 0.320 e. The number of tetrazole rings is 1. The standard InChI is InChI=1S/C17H21N7O2/c1-11(2)13(17(25)26)20-14(15-18-8-9-19-15)16-21-22-23-24(16)10-12-6-4-3-5-7-12/h3-9,11,13-14,20H,10H2,1-2H3,(H,18,19)(H,25,26)/t13-,14?/m0/s1. The molecule has 2 atom stereocenters. The van der Waals surface area contributed by atoms with Gasteiger partial charge in [-0.2, -0.15) is 0 Å². The number of hydrogen-bond acceptors (Lipinski definition) is 6. The van der Waals surface area contributed by atoms with Crippen LogP contribution in [-0.4, -0.2) is 47.3 Å². The molecule has 0 saturated carbocycles. The Kier molecular flexibility index (Phi) is 5.37. The van der Waals surface area contributed by atoms with E-state index in [1.54, 1.807) is 17.1 Å². The topological polar surface area (TPSA) is 122 Å². The van der Waals surface area contributed by atoms with E-state index in [0.29, 0.717) is 18.2 Å². The van der Waals surface area contributed by atoms with Crippen molar-refractivity contribution in [2.75, 3.05) is 0 Å². The monoisotopic (exact) mass is 355 g/mol. The first kappa shape index (κ1) is 17.7. The number of aromatic nitrogens is 6. The summed E-state index contributed by atoms with van der Waals surface area (Å²) in [6.45, 7) is 4.16. The molecule has 0 saturated heterocycles. The molecule has 0 amide bonds. The highest BCUT2D eigenvalue weighted by Crippen LogP contribution is 2.19. The molecule has 0 spiro atoms. The second-order valence-corrected chi connectivity index (χ2v) is 6.31. The minimum atomic E-state index is -0.932. The van der Waals surface area contributed by atoms with E-state index >= 15 is 0 Å². The molecule has 26 heavy (non-hydrogen) atoms. The van der Waals surface area contributed by atoms with Crippen LogP contribution in [0.4, 0.5) is 0 Å². The number of carboxylic acid groups (broad SMARTS) is 1. The van der Waals surface area contributed by atoms with Gasteiger partial charge < -0.3 is 10.1 Å². The van der Waals surface area contributed by atoms with Crippen LogP contribution in [0.15, 0.2) is 42.7 Å². The van der Waals surface area contributed by atoms with Crippen LogP contribution in [0.25, 0.3) is 0 Å². The molecular weight excluding hydrogens is 334 g/mol. The minimum Gasteiger partial charge on any atom is -0.480 e. The Labute approximate surface area is 150 Å². The highest BCUT2D eigenvalue weighted by Gasteiger charge is 2.31. The average molecular weight is 355 g/mol. The van der Waals surface area contributed by atoms with Gasteiger partial charge in [-0.15, -0.1) is 5.10 Å². The summed E-state index contributed by atoms with van der Waals surface area (Å²) in [4.78, 5) is 18.9. The van der Waals surface area contributed by atoms with Gasteiger partial charge in [-0.05, 0) is 21.9 Å². The molecule has 2 heterocycles. The molecule has 1 unspecified atom stereocenters. The van der Waals surface area contributed by atoms with E-state index in [1.165, 1.54) is 0 Å². The number of aromatic amines is 1. The van der Waals surface area contributed by atoms with Crippen molar-refractivity contribution in [3.05, 3.63) is 59.9 Å². The first-order valence-electron chi connectivity index (χ1n) is 8.34. The fraction of sp³-hybridized carbons (Fsp3) is 0.353. The molecule has 9 nitrogen and oxygen atoms in total. The zero-order valence-electron chi connectivity index (χ0n) is 14.6. The molecular formula is C17H21N7O2. The second-order valence-electron chi connectivity index (χ2n) is 6.31. The summed E-state index contributed by atoms with van der Waals surface area (Å²) >= 11 is 0. The third kappa shape index (κ3) is 3.94. The van der Waals surface area contributed by atoms with Crippen LogP contribution < -0.4 is 5.32 Å². The molecule has 0 fully saturated rings. The van der Waals surface area contributed by atoms with Gasteiger partial charge in [0, 0.05) is 12.4 Å². The quantitative estimate of drug-likeness (QED) is 0.555. The maximum absolute atomic E-state index is 11.6. The smallest absolute Gasteiger partial charge is 0.320 e. The molecule has 3 N–H and O–H groups in total. The third-order valence-electron chi connectivity index (χ3n) is 4.06. The number of H-pyrrole nitrogens is 1. The molecule has 0 aliphatic heterocycles. The van der Waals surface area contributed by atoms with Crippen LogP contribution in [0.3, 0.4) is 0 Å². The van der Waals surface area contributed by atoms with Crippen molar-refractivity contribution in [1.82, 2.24) is 35.5 Å². The molecule has 3 aromatic rings. The molecule has 0 bridgehead atoms. The summed E-state index contributed by atoms with van der Waals surface area (Å²) < 4.78 is 1.65. The summed E-state index contributed by atoms with van der Waals surface area (Å²) in [5.74, 6) is -0.00114. The highest BCUT2D eigenvalue weighted by molar-refractivity contribution is 5.73. The molecule has 0 aliphatic carbocycles. The molecule has 136 valence electrons. The van der Waals surface area contributed by atoms with E-state index in [-0.39, 0.29) is 5.92 Å². The third-order valence-corrected chi connectivity index (χ3v) is 4.06. The predicted molar refractivity (Wildman–Crippen MR) is 93.2 cm³/mol. The lowest BCUT2D eigenvalue weighted by atomic mass is 10.0. The Balaban J connectivity index is 1.93. The number of carbonyl (C=O) groups is 1. The highest BCUT2D eigenvalue weighted by atomic mass is 16.4. The molecule has 0 aliphatic rings. The normalized spacial score (nSPS) is 13.7. The van der Waals surface area contributed by atoms with Gasteiger partial charge in [-0.25, -0.2) is 9.67 Å². The lowest BCUT2D eigenvalue weighted by molar-refractivity contribution is -0.140.